The Kier molecular flexibility index (Phi) is 3.53. The minimum absolute atomic E-state index is 0.194. The molecule has 0 radical (unpaired) electrons. The minimum Gasteiger partial charge on any atom is -0.449 e. The molecule has 25 heavy (non-hydrogen) atoms. The molecule has 0 bridgehead atoms. The maximum atomic E-state index is 12.6. The summed E-state index contributed by atoms with van der Waals surface area (Å²) >= 11 is 0. The second kappa shape index (κ2) is 5.86. The van der Waals surface area contributed by atoms with Gasteiger partial charge in [0, 0.05) is 24.0 Å². The number of aryl methyl sites for hydroxylation is 2. The number of furan rings is 1. The summed E-state index contributed by atoms with van der Waals surface area (Å²) in [6, 6.07) is 12.5. The fourth-order valence-electron chi connectivity index (χ4n) is 2.56. The maximum absolute atomic E-state index is 12.6. The average Bonchev–Trinajstić information content (AvgIpc) is 3.18. The molecule has 7 heteroatoms. The molecule has 4 aromatic heterocycles. The Hall–Kier alpha value is -3.48. The van der Waals surface area contributed by atoms with Gasteiger partial charge in [-0.25, -0.2) is 9.97 Å². The van der Waals surface area contributed by atoms with Crippen LogP contribution in [0.25, 0.3) is 16.9 Å². The van der Waals surface area contributed by atoms with Crippen LogP contribution in [-0.4, -0.2) is 25.7 Å². The summed E-state index contributed by atoms with van der Waals surface area (Å²) < 4.78 is 7.17. The standard InChI is InChI=1S/C18H15N5O2/c1-11-6-7-14-13(20-11)10-15(25-14)18(24)21-17-9-12(2)22-23(17)16-5-3-4-8-19-16/h3-10H,1-2H3,(H,21,24). The highest BCUT2D eigenvalue weighted by Crippen LogP contribution is 2.20. The molecule has 0 saturated heterocycles. The number of nitrogens with one attached hydrogen (secondary N) is 1. The Balaban J connectivity index is 1.66. The Bertz CT molecular complexity index is 1070. The maximum Gasteiger partial charge on any atom is 0.292 e. The van der Waals surface area contributed by atoms with Crippen molar-refractivity contribution >= 4 is 22.8 Å². The monoisotopic (exact) mass is 333 g/mol. The molecule has 0 atom stereocenters. The predicted molar refractivity (Wildman–Crippen MR) is 92.8 cm³/mol. The molecule has 4 heterocycles. The van der Waals surface area contributed by atoms with E-state index in [4.69, 9.17) is 4.42 Å². The second-order valence-corrected chi connectivity index (χ2v) is 5.67. The van der Waals surface area contributed by atoms with Crippen molar-refractivity contribution in [1.29, 1.82) is 0 Å². The van der Waals surface area contributed by atoms with Gasteiger partial charge in [-0.3, -0.25) is 4.79 Å². The number of pyridine rings is 2. The lowest BCUT2D eigenvalue weighted by Gasteiger charge is -2.06. The topological polar surface area (TPSA) is 85.8 Å². The van der Waals surface area contributed by atoms with E-state index in [0.717, 1.165) is 11.4 Å². The van der Waals surface area contributed by atoms with Crippen molar-refractivity contribution < 1.29 is 9.21 Å². The van der Waals surface area contributed by atoms with E-state index in [1.54, 1.807) is 29.1 Å². The van der Waals surface area contributed by atoms with Gasteiger partial charge in [0.2, 0.25) is 0 Å². The molecule has 0 spiro atoms. The van der Waals surface area contributed by atoms with Gasteiger partial charge in [0.1, 0.15) is 11.3 Å². The van der Waals surface area contributed by atoms with Crippen LogP contribution < -0.4 is 5.32 Å². The zero-order valence-corrected chi connectivity index (χ0v) is 13.7. The normalized spacial score (nSPS) is 11.0. The summed E-state index contributed by atoms with van der Waals surface area (Å²) in [4.78, 5) is 21.2. The Labute approximate surface area is 143 Å². The molecule has 1 N–H and O–H groups in total. The van der Waals surface area contributed by atoms with E-state index in [9.17, 15) is 4.79 Å². The van der Waals surface area contributed by atoms with Gasteiger partial charge in [0.25, 0.3) is 5.91 Å². The number of nitrogens with zero attached hydrogens (tertiary/aromatic N) is 4. The fourth-order valence-corrected chi connectivity index (χ4v) is 2.56. The van der Waals surface area contributed by atoms with E-state index >= 15 is 0 Å². The quantitative estimate of drug-likeness (QED) is 0.622. The highest BCUT2D eigenvalue weighted by atomic mass is 16.3. The number of hydrogen-bond donors (Lipinski definition) is 1. The van der Waals surface area contributed by atoms with Crippen molar-refractivity contribution in [3.8, 4) is 5.82 Å². The summed E-state index contributed by atoms with van der Waals surface area (Å²) in [5.74, 6) is 0.964. The zero-order chi connectivity index (χ0) is 17.4. The molecule has 0 unspecified atom stereocenters. The fraction of sp³-hybridized carbons (Fsp3) is 0.111. The van der Waals surface area contributed by atoms with Crippen LogP contribution in [0.1, 0.15) is 21.9 Å². The molecule has 0 aliphatic carbocycles. The first kappa shape index (κ1) is 15.1. The first-order chi connectivity index (χ1) is 12.1. The average molecular weight is 333 g/mol. The van der Waals surface area contributed by atoms with Crippen molar-refractivity contribution in [3.05, 3.63) is 65.8 Å². The Morgan fingerprint density at radius 2 is 2.00 bits per heavy atom. The highest BCUT2D eigenvalue weighted by Gasteiger charge is 2.17. The number of anilines is 1. The predicted octanol–water partition coefficient (Wildman–Crippen LogP) is 3.28. The summed E-state index contributed by atoms with van der Waals surface area (Å²) in [6.45, 7) is 3.74. The van der Waals surface area contributed by atoms with Crippen LogP contribution in [0, 0.1) is 13.8 Å². The van der Waals surface area contributed by atoms with Crippen LogP contribution in [0.5, 0.6) is 0 Å². The molecule has 0 saturated carbocycles. The molecule has 0 fully saturated rings. The summed E-state index contributed by atoms with van der Waals surface area (Å²) in [6.07, 6.45) is 1.67. The van der Waals surface area contributed by atoms with Crippen LogP contribution in [-0.2, 0) is 0 Å². The third-order valence-corrected chi connectivity index (χ3v) is 3.68. The van der Waals surface area contributed by atoms with E-state index in [-0.39, 0.29) is 11.7 Å². The number of aromatic nitrogens is 4. The van der Waals surface area contributed by atoms with Gasteiger partial charge >= 0.3 is 0 Å². The lowest BCUT2D eigenvalue weighted by atomic mass is 10.3. The first-order valence-corrected chi connectivity index (χ1v) is 7.77. The summed E-state index contributed by atoms with van der Waals surface area (Å²) in [5.41, 5.74) is 2.86. The van der Waals surface area contributed by atoms with Crippen LogP contribution in [0.2, 0.25) is 0 Å². The molecular weight excluding hydrogens is 318 g/mol. The molecule has 0 aliphatic heterocycles. The molecule has 0 aliphatic rings. The summed E-state index contributed by atoms with van der Waals surface area (Å²) in [7, 11) is 0. The van der Waals surface area contributed by atoms with Crippen LogP contribution >= 0.6 is 0 Å². The van der Waals surface area contributed by atoms with Gasteiger partial charge in [0.15, 0.2) is 17.2 Å². The van der Waals surface area contributed by atoms with E-state index in [0.29, 0.717) is 22.7 Å². The van der Waals surface area contributed by atoms with Gasteiger partial charge in [0.05, 0.1) is 5.69 Å². The molecule has 4 rings (SSSR count). The van der Waals surface area contributed by atoms with Gasteiger partial charge in [-0.1, -0.05) is 6.07 Å². The first-order valence-electron chi connectivity index (χ1n) is 7.77. The number of carbonyl (C=O) groups is 1. The van der Waals surface area contributed by atoms with Crippen molar-refractivity contribution in [2.75, 3.05) is 5.32 Å². The van der Waals surface area contributed by atoms with Gasteiger partial charge in [-0.2, -0.15) is 9.78 Å². The second-order valence-electron chi connectivity index (χ2n) is 5.67. The van der Waals surface area contributed by atoms with E-state index in [1.165, 1.54) is 0 Å². The Morgan fingerprint density at radius 3 is 2.80 bits per heavy atom. The van der Waals surface area contributed by atoms with E-state index in [1.807, 2.05) is 38.1 Å². The molecular formula is C18H15N5O2. The number of carbonyl (C=O) groups excluding carboxylic acids is 1. The number of rotatable bonds is 3. The van der Waals surface area contributed by atoms with E-state index in [2.05, 4.69) is 20.4 Å². The third-order valence-electron chi connectivity index (χ3n) is 3.68. The lowest BCUT2D eigenvalue weighted by molar-refractivity contribution is 0.0998. The van der Waals surface area contributed by atoms with Gasteiger partial charge in [-0.05, 0) is 38.1 Å². The number of amides is 1. The van der Waals surface area contributed by atoms with Gasteiger partial charge < -0.3 is 9.73 Å². The van der Waals surface area contributed by atoms with Crippen LogP contribution in [0.3, 0.4) is 0 Å². The van der Waals surface area contributed by atoms with Crippen LogP contribution in [0.4, 0.5) is 5.82 Å². The molecule has 4 aromatic rings. The molecule has 124 valence electrons. The zero-order valence-electron chi connectivity index (χ0n) is 13.7. The van der Waals surface area contributed by atoms with Crippen LogP contribution in [0.15, 0.2) is 53.1 Å². The number of hydrogen-bond acceptors (Lipinski definition) is 5. The van der Waals surface area contributed by atoms with Crippen molar-refractivity contribution in [1.82, 2.24) is 19.7 Å². The highest BCUT2D eigenvalue weighted by molar-refractivity contribution is 6.04. The van der Waals surface area contributed by atoms with Crippen molar-refractivity contribution in [3.63, 3.8) is 0 Å². The lowest BCUT2D eigenvalue weighted by Crippen LogP contribution is -2.14. The van der Waals surface area contributed by atoms with E-state index < -0.39 is 0 Å². The summed E-state index contributed by atoms with van der Waals surface area (Å²) in [5, 5.41) is 7.20. The largest absolute Gasteiger partial charge is 0.449 e. The molecule has 1 amide bonds. The molecule has 0 aromatic carbocycles. The van der Waals surface area contributed by atoms with Gasteiger partial charge in [-0.15, -0.1) is 0 Å². The third kappa shape index (κ3) is 2.87. The molecule has 7 nitrogen and oxygen atoms in total. The minimum atomic E-state index is -0.368. The van der Waals surface area contributed by atoms with Crippen molar-refractivity contribution in [2.24, 2.45) is 0 Å². The van der Waals surface area contributed by atoms with Crippen molar-refractivity contribution in [2.45, 2.75) is 13.8 Å². The Morgan fingerprint density at radius 1 is 1.12 bits per heavy atom. The smallest absolute Gasteiger partial charge is 0.292 e. The number of fused-ring (bicyclic) bond motifs is 1. The SMILES string of the molecule is Cc1ccc2oc(C(=O)Nc3cc(C)nn3-c3ccccn3)cc2n1.